The Labute approximate surface area is 204 Å². The van der Waals surface area contributed by atoms with Crippen LogP contribution < -0.4 is 15.2 Å². The number of nitrogens with one attached hydrogen (secondary N) is 1. The van der Waals surface area contributed by atoms with Gasteiger partial charge in [-0.05, 0) is 67.3 Å². The summed E-state index contributed by atoms with van der Waals surface area (Å²) in [6.45, 7) is 6.30. The fourth-order valence-electron chi connectivity index (χ4n) is 4.27. The topological polar surface area (TPSA) is 103 Å². The van der Waals surface area contributed by atoms with Gasteiger partial charge in [0.25, 0.3) is 5.88 Å². The van der Waals surface area contributed by atoms with Crippen molar-refractivity contribution in [3.63, 3.8) is 0 Å². The van der Waals surface area contributed by atoms with E-state index in [0.717, 1.165) is 22.9 Å². The molecule has 2 aromatic carbocycles. The third-order valence-electron chi connectivity index (χ3n) is 6.09. The number of ether oxygens (including phenoxy) is 2. The standard InChI is InChI=1S/C26H29N3O5S/c1-6-34-25-24(33-4)13-11-20(27-25)23(15-35(5,31)32)29-22-12-10-18(14-21(22)28-26(29)30)19-9-7-8-16(2)17(19)3/h7-14,23H,6,15H2,1-5H3,(H,28,30). The number of benzene rings is 2. The Morgan fingerprint density at radius 1 is 1.11 bits per heavy atom. The average Bonchev–Trinajstić information content (AvgIpc) is 3.13. The van der Waals surface area contributed by atoms with Crippen molar-refractivity contribution in [2.45, 2.75) is 26.8 Å². The van der Waals surface area contributed by atoms with Crippen LogP contribution in [0.1, 0.15) is 29.8 Å². The summed E-state index contributed by atoms with van der Waals surface area (Å²) in [6.07, 6.45) is 1.14. The normalized spacial score (nSPS) is 12.6. The van der Waals surface area contributed by atoms with Crippen LogP contribution in [-0.4, -0.2) is 48.7 Å². The summed E-state index contributed by atoms with van der Waals surface area (Å²) < 4.78 is 37.1. The molecule has 1 N–H and O–H groups in total. The Kier molecular flexibility index (Phi) is 6.71. The summed E-state index contributed by atoms with van der Waals surface area (Å²) in [5.74, 6) is 0.373. The molecule has 0 amide bonds. The average molecular weight is 496 g/mol. The number of methoxy groups -OCH3 is 1. The molecule has 9 heteroatoms. The molecule has 1 unspecified atom stereocenters. The first-order chi connectivity index (χ1) is 16.6. The third kappa shape index (κ3) is 4.95. The lowest BCUT2D eigenvalue weighted by molar-refractivity contribution is 0.296. The first-order valence-corrected chi connectivity index (χ1v) is 13.3. The van der Waals surface area contributed by atoms with Gasteiger partial charge >= 0.3 is 5.69 Å². The molecule has 0 aliphatic carbocycles. The number of pyridine rings is 1. The number of sulfone groups is 1. The van der Waals surface area contributed by atoms with Gasteiger partial charge in [-0.1, -0.05) is 24.3 Å². The van der Waals surface area contributed by atoms with Crippen LogP contribution in [0, 0.1) is 13.8 Å². The van der Waals surface area contributed by atoms with Gasteiger partial charge in [-0.15, -0.1) is 0 Å². The van der Waals surface area contributed by atoms with Gasteiger partial charge in [-0.25, -0.2) is 18.2 Å². The van der Waals surface area contributed by atoms with E-state index in [4.69, 9.17) is 9.47 Å². The molecular formula is C26H29N3O5S. The molecule has 4 rings (SSSR count). The minimum atomic E-state index is -3.47. The molecule has 0 radical (unpaired) electrons. The second-order valence-electron chi connectivity index (χ2n) is 8.56. The van der Waals surface area contributed by atoms with Gasteiger partial charge in [-0.2, -0.15) is 0 Å². The number of rotatable bonds is 8. The van der Waals surface area contributed by atoms with Crippen LogP contribution in [0.5, 0.6) is 11.6 Å². The van der Waals surface area contributed by atoms with E-state index in [1.54, 1.807) is 12.1 Å². The maximum Gasteiger partial charge on any atom is 0.327 e. The number of H-pyrrole nitrogens is 1. The molecule has 0 saturated carbocycles. The van der Waals surface area contributed by atoms with E-state index in [1.165, 1.54) is 17.2 Å². The molecular weight excluding hydrogens is 466 g/mol. The highest BCUT2D eigenvalue weighted by Crippen LogP contribution is 2.31. The number of nitrogens with zero attached hydrogens (tertiary/aromatic N) is 2. The second kappa shape index (κ2) is 9.58. The molecule has 1 atom stereocenters. The van der Waals surface area contributed by atoms with E-state index in [-0.39, 0.29) is 11.6 Å². The van der Waals surface area contributed by atoms with Crippen molar-refractivity contribution >= 4 is 20.9 Å². The fraction of sp³-hybridized carbons (Fsp3) is 0.308. The lowest BCUT2D eigenvalue weighted by atomic mass is 9.97. The Morgan fingerprint density at radius 3 is 2.57 bits per heavy atom. The largest absolute Gasteiger partial charge is 0.491 e. The number of aromatic amines is 1. The van der Waals surface area contributed by atoms with Crippen LogP contribution in [0.3, 0.4) is 0 Å². The SMILES string of the molecule is CCOc1nc(C(CS(C)(=O)=O)n2c(=O)[nH]c3cc(-c4cccc(C)c4C)ccc32)ccc1OC. The van der Waals surface area contributed by atoms with Gasteiger partial charge in [0.2, 0.25) is 0 Å². The Hall–Kier alpha value is -3.59. The number of fused-ring (bicyclic) bond motifs is 1. The van der Waals surface area contributed by atoms with Crippen LogP contribution in [0.15, 0.2) is 53.3 Å². The first-order valence-electron chi connectivity index (χ1n) is 11.3. The van der Waals surface area contributed by atoms with Crippen molar-refractivity contribution in [3.8, 4) is 22.8 Å². The van der Waals surface area contributed by atoms with Gasteiger partial charge in [0.15, 0.2) is 5.75 Å². The monoisotopic (exact) mass is 495 g/mol. The minimum Gasteiger partial charge on any atom is -0.491 e. The summed E-state index contributed by atoms with van der Waals surface area (Å²) in [6, 6.07) is 14.3. The van der Waals surface area contributed by atoms with Gasteiger partial charge < -0.3 is 14.5 Å². The highest BCUT2D eigenvalue weighted by atomic mass is 32.2. The van der Waals surface area contributed by atoms with Crippen LogP contribution in [0.2, 0.25) is 0 Å². The molecule has 0 fully saturated rings. The van der Waals surface area contributed by atoms with Crippen LogP contribution in [0.25, 0.3) is 22.2 Å². The number of aromatic nitrogens is 3. The van der Waals surface area contributed by atoms with Gasteiger partial charge in [0.05, 0.1) is 42.2 Å². The number of hydrogen-bond acceptors (Lipinski definition) is 6. The van der Waals surface area contributed by atoms with E-state index < -0.39 is 21.6 Å². The first kappa shape index (κ1) is 24.5. The summed E-state index contributed by atoms with van der Waals surface area (Å²) in [7, 11) is -1.97. The molecule has 2 heterocycles. The van der Waals surface area contributed by atoms with Gasteiger partial charge in [0, 0.05) is 6.26 Å². The quantitative estimate of drug-likeness (QED) is 0.396. The van der Waals surface area contributed by atoms with Crippen molar-refractivity contribution in [1.29, 1.82) is 0 Å². The van der Waals surface area contributed by atoms with Crippen molar-refractivity contribution in [3.05, 3.63) is 75.8 Å². The minimum absolute atomic E-state index is 0.246. The zero-order chi connectivity index (χ0) is 25.3. The molecule has 0 aliphatic heterocycles. The summed E-state index contributed by atoms with van der Waals surface area (Å²) in [4.78, 5) is 20.6. The second-order valence-corrected chi connectivity index (χ2v) is 10.7. The van der Waals surface area contributed by atoms with E-state index in [9.17, 15) is 13.2 Å². The molecule has 0 aliphatic rings. The van der Waals surface area contributed by atoms with Gasteiger partial charge in [-0.3, -0.25) is 4.57 Å². The highest BCUT2D eigenvalue weighted by molar-refractivity contribution is 7.90. The summed E-state index contributed by atoms with van der Waals surface area (Å²) in [5.41, 5.74) is 5.56. The zero-order valence-corrected chi connectivity index (χ0v) is 21.3. The third-order valence-corrected chi connectivity index (χ3v) is 7.01. The maximum atomic E-state index is 13.2. The number of aryl methyl sites for hydroxylation is 1. The Balaban J connectivity index is 1.89. The van der Waals surface area contributed by atoms with Crippen LogP contribution in [0.4, 0.5) is 0 Å². The molecule has 0 spiro atoms. The smallest absolute Gasteiger partial charge is 0.327 e. The zero-order valence-electron chi connectivity index (χ0n) is 20.5. The molecule has 0 saturated heterocycles. The predicted octanol–water partition coefficient (Wildman–Crippen LogP) is 4.05. The van der Waals surface area contributed by atoms with Crippen molar-refractivity contribution < 1.29 is 17.9 Å². The van der Waals surface area contributed by atoms with E-state index in [1.807, 2.05) is 37.3 Å². The summed E-state index contributed by atoms with van der Waals surface area (Å²) in [5, 5.41) is 0. The molecule has 4 aromatic rings. The lowest BCUT2D eigenvalue weighted by Crippen LogP contribution is -2.29. The van der Waals surface area contributed by atoms with Crippen molar-refractivity contribution in [2.75, 3.05) is 25.7 Å². The van der Waals surface area contributed by atoms with Gasteiger partial charge in [0.1, 0.15) is 9.84 Å². The van der Waals surface area contributed by atoms with Crippen molar-refractivity contribution in [2.24, 2.45) is 0 Å². The highest BCUT2D eigenvalue weighted by Gasteiger charge is 2.26. The molecule has 35 heavy (non-hydrogen) atoms. The fourth-order valence-corrected chi connectivity index (χ4v) is 5.17. The van der Waals surface area contributed by atoms with E-state index in [2.05, 4.69) is 29.9 Å². The molecule has 184 valence electrons. The van der Waals surface area contributed by atoms with E-state index >= 15 is 0 Å². The Morgan fingerprint density at radius 2 is 1.89 bits per heavy atom. The van der Waals surface area contributed by atoms with Crippen LogP contribution >= 0.6 is 0 Å². The number of imidazole rings is 1. The predicted molar refractivity (Wildman–Crippen MR) is 137 cm³/mol. The number of hydrogen-bond donors (Lipinski definition) is 1. The van der Waals surface area contributed by atoms with E-state index in [0.29, 0.717) is 29.1 Å². The maximum absolute atomic E-state index is 13.2. The molecule has 8 nitrogen and oxygen atoms in total. The molecule has 0 bridgehead atoms. The Bertz CT molecular complexity index is 1550. The summed E-state index contributed by atoms with van der Waals surface area (Å²) >= 11 is 0. The van der Waals surface area contributed by atoms with Crippen molar-refractivity contribution in [1.82, 2.24) is 14.5 Å². The lowest BCUT2D eigenvalue weighted by Gasteiger charge is -2.19. The van der Waals surface area contributed by atoms with Crippen LogP contribution in [-0.2, 0) is 9.84 Å². The molecule has 2 aromatic heterocycles.